The Kier molecular flexibility index (Phi) is 4.62. The van der Waals surface area contributed by atoms with Gasteiger partial charge in [0.05, 0.1) is 0 Å². The molecule has 0 aromatic carbocycles. The van der Waals surface area contributed by atoms with Gasteiger partial charge in [0, 0.05) is 45.0 Å². The Morgan fingerprint density at radius 3 is 2.74 bits per heavy atom. The molecule has 102 valence electrons. The van der Waals surface area contributed by atoms with E-state index in [1.165, 1.54) is 17.5 Å². The Morgan fingerprint density at radius 1 is 1.32 bits per heavy atom. The Labute approximate surface area is 117 Å². The lowest BCUT2D eigenvalue weighted by molar-refractivity contribution is 0.710. The second kappa shape index (κ2) is 6.42. The molecule has 2 aromatic heterocycles. The van der Waals surface area contributed by atoms with Gasteiger partial charge in [0.25, 0.3) is 0 Å². The Balaban J connectivity index is 1.97. The van der Waals surface area contributed by atoms with Crippen LogP contribution in [0.5, 0.6) is 0 Å². The maximum atomic E-state index is 4.42. The summed E-state index contributed by atoms with van der Waals surface area (Å²) in [5, 5.41) is 11.3. The number of hydrogen-bond acceptors (Lipinski definition) is 6. The van der Waals surface area contributed by atoms with E-state index in [-0.39, 0.29) is 0 Å². The number of thioether (sulfide) groups is 1. The van der Waals surface area contributed by atoms with E-state index in [1.807, 2.05) is 43.4 Å². The predicted octanol–water partition coefficient (Wildman–Crippen LogP) is 1.63. The summed E-state index contributed by atoms with van der Waals surface area (Å²) >= 11 is 1.53. The molecule has 0 radical (unpaired) electrons. The van der Waals surface area contributed by atoms with Crippen molar-refractivity contribution in [2.24, 2.45) is 7.05 Å². The van der Waals surface area contributed by atoms with Gasteiger partial charge in [0.2, 0.25) is 0 Å². The fourth-order valence-corrected chi connectivity index (χ4v) is 2.08. The van der Waals surface area contributed by atoms with Crippen molar-refractivity contribution in [2.45, 2.75) is 11.6 Å². The van der Waals surface area contributed by atoms with Gasteiger partial charge < -0.3 is 10.6 Å². The molecule has 0 bridgehead atoms. The van der Waals surface area contributed by atoms with E-state index in [2.05, 4.69) is 25.7 Å². The fraction of sp³-hybridized carbons (Fsp3) is 0.417. The molecule has 2 rings (SSSR count). The van der Waals surface area contributed by atoms with Crippen LogP contribution in [0, 0.1) is 0 Å². The summed E-state index contributed by atoms with van der Waals surface area (Å²) in [7, 11) is 3.80. The van der Waals surface area contributed by atoms with Crippen molar-refractivity contribution in [3.05, 3.63) is 24.0 Å². The average Bonchev–Trinajstić information content (AvgIpc) is 2.84. The Bertz CT molecular complexity index is 517. The highest BCUT2D eigenvalue weighted by Gasteiger charge is 2.03. The number of nitrogens with one attached hydrogen (secondary N) is 2. The summed E-state index contributed by atoms with van der Waals surface area (Å²) in [5.41, 5.74) is 1.19. The number of rotatable bonds is 6. The van der Waals surface area contributed by atoms with Gasteiger partial charge in [-0.25, -0.2) is 9.97 Å². The van der Waals surface area contributed by atoms with Crippen molar-refractivity contribution in [1.82, 2.24) is 19.7 Å². The van der Waals surface area contributed by atoms with Crippen LogP contribution in [-0.4, -0.2) is 39.6 Å². The van der Waals surface area contributed by atoms with Crippen LogP contribution >= 0.6 is 11.8 Å². The molecule has 2 N–H and O–H groups in total. The van der Waals surface area contributed by atoms with Crippen LogP contribution in [0.25, 0.3) is 0 Å². The minimum atomic E-state index is 0.759. The fourth-order valence-electron chi connectivity index (χ4n) is 1.70. The molecule has 2 heterocycles. The van der Waals surface area contributed by atoms with Gasteiger partial charge >= 0.3 is 0 Å². The minimum absolute atomic E-state index is 0.759. The van der Waals surface area contributed by atoms with E-state index in [9.17, 15) is 0 Å². The molecule has 0 amide bonds. The lowest BCUT2D eigenvalue weighted by atomic mass is 10.3. The standard InChI is InChI=1S/C12H18N6S/c1-13-10-8-11(17-12(16-10)19-3)14-6-4-9-5-7-15-18(9)2/h5,7-8H,4,6H2,1-3H3,(H2,13,14,16,17). The summed E-state index contributed by atoms with van der Waals surface area (Å²) in [6.07, 6.45) is 4.68. The van der Waals surface area contributed by atoms with Gasteiger partial charge in [-0.2, -0.15) is 5.10 Å². The number of nitrogens with zero attached hydrogens (tertiary/aromatic N) is 4. The van der Waals surface area contributed by atoms with Crippen LogP contribution < -0.4 is 10.6 Å². The molecule has 0 aliphatic heterocycles. The molecule has 0 spiro atoms. The first-order valence-corrected chi connectivity index (χ1v) is 7.27. The van der Waals surface area contributed by atoms with Crippen LogP contribution in [0.15, 0.2) is 23.5 Å². The number of aromatic nitrogens is 4. The van der Waals surface area contributed by atoms with E-state index in [1.54, 1.807) is 0 Å². The first-order valence-electron chi connectivity index (χ1n) is 6.04. The summed E-state index contributed by atoms with van der Waals surface area (Å²) in [4.78, 5) is 8.75. The van der Waals surface area contributed by atoms with Crippen LogP contribution in [0.3, 0.4) is 0 Å². The van der Waals surface area contributed by atoms with Crippen molar-refractivity contribution in [1.29, 1.82) is 0 Å². The molecule has 0 fully saturated rings. The zero-order chi connectivity index (χ0) is 13.7. The van der Waals surface area contributed by atoms with Gasteiger partial charge in [-0.3, -0.25) is 4.68 Å². The highest BCUT2D eigenvalue weighted by atomic mass is 32.2. The van der Waals surface area contributed by atoms with Crippen LogP contribution in [0.1, 0.15) is 5.69 Å². The summed E-state index contributed by atoms with van der Waals surface area (Å²) in [6.45, 7) is 0.813. The number of aryl methyl sites for hydroxylation is 1. The first kappa shape index (κ1) is 13.7. The van der Waals surface area contributed by atoms with E-state index < -0.39 is 0 Å². The van der Waals surface area contributed by atoms with Crippen LogP contribution in [-0.2, 0) is 13.5 Å². The zero-order valence-corrected chi connectivity index (χ0v) is 12.2. The number of hydrogen-bond donors (Lipinski definition) is 2. The Hall–Kier alpha value is -1.76. The van der Waals surface area contributed by atoms with E-state index in [0.717, 1.165) is 29.8 Å². The SMILES string of the molecule is CNc1cc(NCCc2ccnn2C)nc(SC)n1. The molecule has 0 aliphatic rings. The monoisotopic (exact) mass is 278 g/mol. The van der Waals surface area contributed by atoms with Gasteiger partial charge in [0.15, 0.2) is 5.16 Å². The van der Waals surface area contributed by atoms with Gasteiger partial charge in [-0.1, -0.05) is 11.8 Å². The topological polar surface area (TPSA) is 67.7 Å². The molecule has 2 aromatic rings. The van der Waals surface area contributed by atoms with E-state index in [4.69, 9.17) is 0 Å². The third-order valence-corrected chi connectivity index (χ3v) is 3.30. The lowest BCUT2D eigenvalue weighted by Gasteiger charge is -2.09. The first-order chi connectivity index (χ1) is 9.22. The molecule has 0 saturated heterocycles. The molecule has 7 heteroatoms. The lowest BCUT2D eigenvalue weighted by Crippen LogP contribution is -2.10. The molecule has 0 unspecified atom stereocenters. The van der Waals surface area contributed by atoms with Crippen molar-refractivity contribution in [2.75, 3.05) is 30.5 Å². The van der Waals surface area contributed by atoms with Gasteiger partial charge in [-0.15, -0.1) is 0 Å². The maximum absolute atomic E-state index is 4.42. The summed E-state index contributed by atoms with van der Waals surface area (Å²) in [6, 6.07) is 3.93. The quantitative estimate of drug-likeness (QED) is 0.618. The zero-order valence-electron chi connectivity index (χ0n) is 11.3. The van der Waals surface area contributed by atoms with Crippen molar-refractivity contribution < 1.29 is 0 Å². The second-order valence-electron chi connectivity index (χ2n) is 4.00. The smallest absolute Gasteiger partial charge is 0.191 e. The molecule has 19 heavy (non-hydrogen) atoms. The largest absolute Gasteiger partial charge is 0.373 e. The maximum Gasteiger partial charge on any atom is 0.191 e. The Morgan fingerprint density at radius 2 is 2.11 bits per heavy atom. The van der Waals surface area contributed by atoms with E-state index >= 15 is 0 Å². The molecule has 6 nitrogen and oxygen atoms in total. The van der Waals surface area contributed by atoms with Gasteiger partial charge in [-0.05, 0) is 12.3 Å². The van der Waals surface area contributed by atoms with Gasteiger partial charge in [0.1, 0.15) is 11.6 Å². The normalized spacial score (nSPS) is 10.5. The molecular weight excluding hydrogens is 260 g/mol. The number of anilines is 2. The van der Waals surface area contributed by atoms with Crippen molar-refractivity contribution in [3.63, 3.8) is 0 Å². The minimum Gasteiger partial charge on any atom is -0.373 e. The average molecular weight is 278 g/mol. The van der Waals surface area contributed by atoms with Crippen molar-refractivity contribution >= 4 is 23.4 Å². The second-order valence-corrected chi connectivity index (χ2v) is 4.77. The van der Waals surface area contributed by atoms with Crippen molar-refractivity contribution in [3.8, 4) is 0 Å². The highest BCUT2D eigenvalue weighted by Crippen LogP contribution is 2.16. The van der Waals surface area contributed by atoms with E-state index in [0.29, 0.717) is 0 Å². The third kappa shape index (κ3) is 3.60. The summed E-state index contributed by atoms with van der Waals surface area (Å²) in [5.74, 6) is 1.66. The third-order valence-electron chi connectivity index (χ3n) is 2.75. The predicted molar refractivity (Wildman–Crippen MR) is 78.8 cm³/mol. The van der Waals surface area contributed by atoms with Crippen LogP contribution in [0.2, 0.25) is 0 Å². The molecule has 0 aliphatic carbocycles. The molecule has 0 saturated carbocycles. The molecular formula is C12H18N6S. The highest BCUT2D eigenvalue weighted by molar-refractivity contribution is 7.98. The summed E-state index contributed by atoms with van der Waals surface area (Å²) < 4.78 is 1.88. The molecule has 0 atom stereocenters. The van der Waals surface area contributed by atoms with Crippen LogP contribution in [0.4, 0.5) is 11.6 Å².